The molecular formula is C6H9IN2. The van der Waals surface area contributed by atoms with Gasteiger partial charge in [0.15, 0.2) is 0 Å². The van der Waals surface area contributed by atoms with E-state index in [1.807, 2.05) is 18.4 Å². The third-order valence-electron chi connectivity index (χ3n) is 1.11. The minimum absolute atomic E-state index is 0.102. The molecule has 1 aliphatic heterocycles. The number of hydrogen-bond acceptors (Lipinski definition) is 2. The summed E-state index contributed by atoms with van der Waals surface area (Å²) in [5, 5.41) is 0. The zero-order chi connectivity index (χ0) is 6.69. The maximum atomic E-state index is 5.59. The molecule has 1 atom stereocenters. The Bertz CT molecular complexity index is 142. The minimum atomic E-state index is 0.102. The first-order valence-corrected chi connectivity index (χ1v) is 3.78. The highest BCUT2D eigenvalue weighted by molar-refractivity contribution is 14.1. The average Bonchev–Trinajstić information content (AvgIpc) is 1.97. The quantitative estimate of drug-likeness (QED) is 0.387. The number of nitrogens with zero attached hydrogens (tertiary/aromatic N) is 1. The Labute approximate surface area is 68.9 Å². The molecule has 2 N–H and O–H groups in total. The minimum Gasteiger partial charge on any atom is -0.321 e. The second kappa shape index (κ2) is 3.22. The molecule has 0 amide bonds. The molecule has 1 rings (SSSR count). The summed E-state index contributed by atoms with van der Waals surface area (Å²) >= 11 is 2.23. The molecule has 0 aromatic heterocycles. The molecule has 0 aliphatic carbocycles. The van der Waals surface area contributed by atoms with Crippen molar-refractivity contribution < 1.29 is 0 Å². The van der Waals surface area contributed by atoms with E-state index in [4.69, 9.17) is 5.73 Å². The Morgan fingerprint density at radius 3 is 3.11 bits per heavy atom. The Hall–Kier alpha value is -0.0300. The first kappa shape index (κ1) is 7.08. The molecule has 0 aromatic carbocycles. The van der Waals surface area contributed by atoms with Gasteiger partial charge in [-0.3, -0.25) is 0 Å². The first-order chi connectivity index (χ1) is 4.29. The summed E-state index contributed by atoms with van der Waals surface area (Å²) in [6, 6.07) is 0.102. The van der Waals surface area contributed by atoms with E-state index in [0.717, 1.165) is 6.54 Å². The molecule has 50 valence electrons. The van der Waals surface area contributed by atoms with Gasteiger partial charge in [-0.05, 0) is 6.08 Å². The van der Waals surface area contributed by atoms with Crippen LogP contribution in [0.2, 0.25) is 0 Å². The summed E-state index contributed by atoms with van der Waals surface area (Å²) in [5.41, 5.74) is 5.59. The Balaban J connectivity index is 2.58. The lowest BCUT2D eigenvalue weighted by Gasteiger charge is -2.03. The largest absolute Gasteiger partial charge is 0.321 e. The second-order valence-electron chi connectivity index (χ2n) is 1.93. The molecule has 0 aromatic rings. The van der Waals surface area contributed by atoms with Crippen LogP contribution < -0.4 is 5.73 Å². The van der Waals surface area contributed by atoms with Gasteiger partial charge in [-0.1, -0.05) is 12.2 Å². The van der Waals surface area contributed by atoms with Crippen LogP contribution in [0, 0.1) is 0 Å². The fourth-order valence-corrected chi connectivity index (χ4v) is 1.05. The van der Waals surface area contributed by atoms with Crippen molar-refractivity contribution in [3.63, 3.8) is 0 Å². The molecule has 1 heterocycles. The summed E-state index contributed by atoms with van der Waals surface area (Å²) in [5.74, 6) is 0. The van der Waals surface area contributed by atoms with Crippen LogP contribution in [0.1, 0.15) is 0 Å². The fourth-order valence-electron chi connectivity index (χ4n) is 0.636. The monoisotopic (exact) mass is 236 g/mol. The number of rotatable bonds is 0. The van der Waals surface area contributed by atoms with E-state index in [1.165, 1.54) is 0 Å². The third-order valence-corrected chi connectivity index (χ3v) is 1.82. The van der Waals surface area contributed by atoms with Gasteiger partial charge in [0.25, 0.3) is 0 Å². The van der Waals surface area contributed by atoms with Crippen LogP contribution in [0.3, 0.4) is 0 Å². The highest BCUT2D eigenvalue weighted by Gasteiger charge is 1.96. The smallest absolute Gasteiger partial charge is 0.0589 e. The standard InChI is InChI=1S/C6H9IN2/c7-9-4-1-2-6(8)3-5-9/h1-3,5-6H,4,8H2. The fraction of sp³-hybridized carbons (Fsp3) is 0.333. The molecular weight excluding hydrogens is 227 g/mol. The summed E-state index contributed by atoms with van der Waals surface area (Å²) < 4.78 is 2.06. The summed E-state index contributed by atoms with van der Waals surface area (Å²) in [7, 11) is 0. The van der Waals surface area contributed by atoms with Gasteiger partial charge in [0.05, 0.1) is 22.9 Å². The van der Waals surface area contributed by atoms with Crippen molar-refractivity contribution in [2.24, 2.45) is 5.73 Å². The lowest BCUT2D eigenvalue weighted by atomic mass is 10.3. The Morgan fingerprint density at radius 2 is 2.33 bits per heavy atom. The maximum Gasteiger partial charge on any atom is 0.0589 e. The normalized spacial score (nSPS) is 26.4. The van der Waals surface area contributed by atoms with Crippen LogP contribution in [0.15, 0.2) is 24.4 Å². The van der Waals surface area contributed by atoms with Crippen molar-refractivity contribution in [1.82, 2.24) is 3.11 Å². The van der Waals surface area contributed by atoms with Gasteiger partial charge in [0.2, 0.25) is 0 Å². The molecule has 0 radical (unpaired) electrons. The Morgan fingerprint density at radius 1 is 1.56 bits per heavy atom. The van der Waals surface area contributed by atoms with Gasteiger partial charge in [-0.15, -0.1) is 0 Å². The topological polar surface area (TPSA) is 29.3 Å². The molecule has 0 spiro atoms. The van der Waals surface area contributed by atoms with E-state index < -0.39 is 0 Å². The van der Waals surface area contributed by atoms with Gasteiger partial charge >= 0.3 is 0 Å². The van der Waals surface area contributed by atoms with Crippen LogP contribution >= 0.6 is 22.9 Å². The summed E-state index contributed by atoms with van der Waals surface area (Å²) in [6.45, 7) is 0.949. The van der Waals surface area contributed by atoms with E-state index in [1.54, 1.807) is 0 Å². The number of hydrogen-bond donors (Lipinski definition) is 1. The average molecular weight is 236 g/mol. The van der Waals surface area contributed by atoms with Crippen LogP contribution in [-0.2, 0) is 0 Å². The predicted octanol–water partition coefficient (Wildman–Crippen LogP) is 1.05. The van der Waals surface area contributed by atoms with Crippen molar-refractivity contribution in [3.05, 3.63) is 24.4 Å². The van der Waals surface area contributed by atoms with Gasteiger partial charge in [0, 0.05) is 18.8 Å². The molecule has 1 aliphatic rings. The van der Waals surface area contributed by atoms with Crippen molar-refractivity contribution >= 4 is 22.9 Å². The second-order valence-corrected chi connectivity index (χ2v) is 3.17. The molecule has 0 saturated heterocycles. The molecule has 1 unspecified atom stereocenters. The van der Waals surface area contributed by atoms with Gasteiger partial charge < -0.3 is 8.85 Å². The molecule has 0 bridgehead atoms. The molecule has 0 fully saturated rings. The van der Waals surface area contributed by atoms with E-state index in [2.05, 4.69) is 32.1 Å². The highest BCUT2D eigenvalue weighted by atomic mass is 127. The SMILES string of the molecule is NC1C=CCN(I)C=C1. The zero-order valence-corrected chi connectivity index (χ0v) is 7.15. The van der Waals surface area contributed by atoms with Gasteiger partial charge in [-0.25, -0.2) is 0 Å². The van der Waals surface area contributed by atoms with E-state index >= 15 is 0 Å². The van der Waals surface area contributed by atoms with Crippen molar-refractivity contribution in [3.8, 4) is 0 Å². The van der Waals surface area contributed by atoms with Gasteiger partial charge in [-0.2, -0.15) is 0 Å². The van der Waals surface area contributed by atoms with Crippen LogP contribution in [-0.4, -0.2) is 15.7 Å². The zero-order valence-electron chi connectivity index (χ0n) is 5.00. The van der Waals surface area contributed by atoms with Gasteiger partial charge in [0.1, 0.15) is 0 Å². The molecule has 9 heavy (non-hydrogen) atoms. The molecule has 2 nitrogen and oxygen atoms in total. The van der Waals surface area contributed by atoms with Crippen molar-refractivity contribution in [2.75, 3.05) is 6.54 Å². The van der Waals surface area contributed by atoms with Crippen LogP contribution in [0.5, 0.6) is 0 Å². The predicted molar refractivity (Wildman–Crippen MR) is 47.0 cm³/mol. The first-order valence-electron chi connectivity index (χ1n) is 2.82. The third kappa shape index (κ3) is 2.36. The Kier molecular flexibility index (Phi) is 2.53. The van der Waals surface area contributed by atoms with Crippen molar-refractivity contribution in [2.45, 2.75) is 6.04 Å². The number of nitrogens with two attached hydrogens (primary N) is 1. The molecule has 0 saturated carbocycles. The maximum absolute atomic E-state index is 5.59. The highest BCUT2D eigenvalue weighted by Crippen LogP contribution is 2.03. The van der Waals surface area contributed by atoms with Crippen molar-refractivity contribution in [1.29, 1.82) is 0 Å². The summed E-state index contributed by atoms with van der Waals surface area (Å²) in [4.78, 5) is 0. The lowest BCUT2D eigenvalue weighted by Crippen LogP contribution is -2.11. The molecule has 3 heteroatoms. The van der Waals surface area contributed by atoms with Crippen LogP contribution in [0.25, 0.3) is 0 Å². The van der Waals surface area contributed by atoms with E-state index in [-0.39, 0.29) is 6.04 Å². The van der Waals surface area contributed by atoms with Crippen LogP contribution in [0.4, 0.5) is 0 Å². The number of halogens is 1. The lowest BCUT2D eigenvalue weighted by molar-refractivity contribution is 0.754. The summed E-state index contributed by atoms with van der Waals surface area (Å²) in [6.07, 6.45) is 8.02. The van der Waals surface area contributed by atoms with E-state index in [0.29, 0.717) is 0 Å². The van der Waals surface area contributed by atoms with E-state index in [9.17, 15) is 0 Å².